The summed E-state index contributed by atoms with van der Waals surface area (Å²) in [5.41, 5.74) is 2.79. The van der Waals surface area contributed by atoms with Gasteiger partial charge in [0.1, 0.15) is 18.1 Å². The number of benzene rings is 2. The molecule has 2 aromatic carbocycles. The van der Waals surface area contributed by atoms with Gasteiger partial charge in [0.2, 0.25) is 5.78 Å². The summed E-state index contributed by atoms with van der Waals surface area (Å²) in [6.45, 7) is 8.97. The summed E-state index contributed by atoms with van der Waals surface area (Å²) >= 11 is 0. The maximum Gasteiger partial charge on any atom is 0.211 e. The van der Waals surface area contributed by atoms with Gasteiger partial charge in [0.05, 0.1) is 12.8 Å². The Morgan fingerprint density at radius 1 is 0.842 bits per heavy atom. The molecule has 0 amide bonds. The van der Waals surface area contributed by atoms with Crippen LogP contribution >= 0.6 is 0 Å². The molecule has 2 heterocycles. The summed E-state index contributed by atoms with van der Waals surface area (Å²) in [6.07, 6.45) is 9.38. The van der Waals surface area contributed by atoms with Crippen LogP contribution in [0, 0.1) is 0 Å². The summed E-state index contributed by atoms with van der Waals surface area (Å²) in [7, 11) is 0. The van der Waals surface area contributed by atoms with E-state index in [0.29, 0.717) is 35.9 Å². The van der Waals surface area contributed by atoms with Crippen LogP contribution in [0.3, 0.4) is 0 Å². The smallest absolute Gasteiger partial charge is 0.211 e. The third-order valence-corrected chi connectivity index (χ3v) is 6.63. The number of pyridine rings is 1. The molecule has 0 atom stereocenters. The molecule has 0 N–H and O–H groups in total. The lowest BCUT2D eigenvalue weighted by atomic mass is 10.1. The molecule has 0 unspecified atom stereocenters. The highest BCUT2D eigenvalue weighted by Gasteiger charge is 2.17. The number of imidazole rings is 1. The van der Waals surface area contributed by atoms with E-state index in [4.69, 9.17) is 9.47 Å². The Labute approximate surface area is 226 Å². The van der Waals surface area contributed by atoms with Crippen LogP contribution in [0.25, 0.3) is 5.65 Å². The average molecular weight is 514 g/mol. The van der Waals surface area contributed by atoms with Gasteiger partial charge in [-0.05, 0) is 74.3 Å². The summed E-state index contributed by atoms with van der Waals surface area (Å²) < 4.78 is 13.8. The van der Waals surface area contributed by atoms with E-state index >= 15 is 0 Å². The molecule has 6 nitrogen and oxygen atoms in total. The van der Waals surface area contributed by atoms with Crippen molar-refractivity contribution in [3.8, 4) is 11.5 Å². The van der Waals surface area contributed by atoms with Crippen molar-refractivity contribution < 1.29 is 14.3 Å². The number of ketones is 1. The van der Waals surface area contributed by atoms with E-state index in [-0.39, 0.29) is 5.78 Å². The van der Waals surface area contributed by atoms with Crippen LogP contribution < -0.4 is 9.47 Å². The number of ether oxygens (including phenoxy) is 2. The maximum atomic E-state index is 13.3. The first-order chi connectivity index (χ1) is 18.7. The Balaban J connectivity index is 1.33. The molecule has 6 heteroatoms. The van der Waals surface area contributed by atoms with E-state index in [1.54, 1.807) is 10.6 Å². The van der Waals surface area contributed by atoms with Gasteiger partial charge >= 0.3 is 0 Å². The van der Waals surface area contributed by atoms with Crippen LogP contribution in [-0.4, -0.2) is 46.3 Å². The second-order valence-corrected chi connectivity index (χ2v) is 9.59. The van der Waals surface area contributed by atoms with Crippen LogP contribution in [0.1, 0.15) is 67.6 Å². The minimum absolute atomic E-state index is 0.0910. The van der Waals surface area contributed by atoms with Crippen molar-refractivity contribution >= 4 is 11.4 Å². The number of rotatable bonds is 16. The minimum Gasteiger partial charge on any atom is -0.494 e. The van der Waals surface area contributed by atoms with Gasteiger partial charge in [0, 0.05) is 18.3 Å². The molecule has 0 spiro atoms. The molecule has 200 valence electrons. The third kappa shape index (κ3) is 7.45. The van der Waals surface area contributed by atoms with Gasteiger partial charge in [-0.15, -0.1) is 0 Å². The highest BCUT2D eigenvalue weighted by Crippen LogP contribution is 2.23. The lowest BCUT2D eigenvalue weighted by Gasteiger charge is -2.21. The molecule has 0 saturated carbocycles. The Morgan fingerprint density at radius 3 is 2.26 bits per heavy atom. The first-order valence-corrected chi connectivity index (χ1v) is 13.8. The molecule has 0 fully saturated rings. The topological polar surface area (TPSA) is 56.1 Å². The number of nitrogens with zero attached hydrogens (tertiary/aromatic N) is 3. The number of unbranched alkanes of at least 4 members (excludes halogenated alkanes) is 2. The predicted octanol–water partition coefficient (Wildman–Crippen LogP) is 6.82. The normalized spacial score (nSPS) is 11.2. The Kier molecular flexibility index (Phi) is 10.3. The second-order valence-electron chi connectivity index (χ2n) is 9.59. The Hall–Kier alpha value is -3.64. The van der Waals surface area contributed by atoms with Crippen molar-refractivity contribution in [1.82, 2.24) is 14.3 Å². The van der Waals surface area contributed by atoms with Crippen molar-refractivity contribution in [2.24, 2.45) is 0 Å². The van der Waals surface area contributed by atoms with Crippen LogP contribution in [-0.2, 0) is 6.61 Å². The molecule has 2 aromatic heterocycles. The maximum absolute atomic E-state index is 13.3. The first-order valence-electron chi connectivity index (χ1n) is 13.8. The van der Waals surface area contributed by atoms with Gasteiger partial charge in [0.25, 0.3) is 0 Å². The summed E-state index contributed by atoms with van der Waals surface area (Å²) in [6, 6.07) is 21.1. The second kappa shape index (κ2) is 14.3. The average Bonchev–Trinajstić information content (AvgIpc) is 3.40. The Bertz CT molecular complexity index is 1260. The van der Waals surface area contributed by atoms with E-state index in [0.717, 1.165) is 37.4 Å². The molecule has 0 saturated heterocycles. The van der Waals surface area contributed by atoms with Crippen molar-refractivity contribution in [3.05, 3.63) is 95.9 Å². The lowest BCUT2D eigenvalue weighted by molar-refractivity contribution is 0.103. The van der Waals surface area contributed by atoms with Crippen molar-refractivity contribution in [2.45, 2.75) is 52.6 Å². The van der Waals surface area contributed by atoms with Gasteiger partial charge in [-0.3, -0.25) is 9.20 Å². The van der Waals surface area contributed by atoms with Gasteiger partial charge in [-0.2, -0.15) is 0 Å². The molecular weight excluding hydrogens is 474 g/mol. The molecule has 0 aliphatic rings. The molecule has 0 aliphatic carbocycles. The summed E-state index contributed by atoms with van der Waals surface area (Å²) in [5, 5.41) is 0. The Morgan fingerprint density at radius 2 is 1.55 bits per heavy atom. The number of fused-ring (bicyclic) bond motifs is 1. The minimum atomic E-state index is -0.0910. The molecule has 4 rings (SSSR count). The fraction of sp³-hybridized carbons (Fsp3) is 0.375. The number of hydrogen-bond acceptors (Lipinski definition) is 5. The van der Waals surface area contributed by atoms with Crippen molar-refractivity contribution in [1.29, 1.82) is 0 Å². The molecule has 0 radical (unpaired) electrons. The summed E-state index contributed by atoms with van der Waals surface area (Å²) in [5.74, 6) is 1.33. The van der Waals surface area contributed by atoms with Crippen LogP contribution in [0.5, 0.6) is 11.5 Å². The number of carbonyl (C=O) groups excluding carboxylic acids is 1. The third-order valence-electron chi connectivity index (χ3n) is 6.63. The lowest BCUT2D eigenvalue weighted by Crippen LogP contribution is -2.28. The number of aromatic nitrogens is 2. The predicted molar refractivity (Wildman–Crippen MR) is 152 cm³/mol. The van der Waals surface area contributed by atoms with Gasteiger partial charge < -0.3 is 14.4 Å². The van der Waals surface area contributed by atoms with E-state index in [1.165, 1.54) is 25.7 Å². The zero-order valence-corrected chi connectivity index (χ0v) is 22.6. The fourth-order valence-electron chi connectivity index (χ4n) is 4.43. The van der Waals surface area contributed by atoms with Crippen LogP contribution in [0.4, 0.5) is 0 Å². The van der Waals surface area contributed by atoms with Crippen molar-refractivity contribution in [3.63, 3.8) is 0 Å². The monoisotopic (exact) mass is 513 g/mol. The number of hydrogen-bond donors (Lipinski definition) is 0. The molecule has 0 aliphatic heterocycles. The fourth-order valence-corrected chi connectivity index (χ4v) is 4.43. The quantitative estimate of drug-likeness (QED) is 0.122. The standard InChI is InChI=1S/C32H39N3O3/c1-3-5-19-34(20-6-4-2)21-11-23-37-28-17-15-27(16-18-28)31(36)29-24-33-32-30(14-10-22-35(29)32)38-25-26-12-8-7-9-13-26/h7-10,12-18,22,24H,3-6,11,19-21,23,25H2,1-2H3. The summed E-state index contributed by atoms with van der Waals surface area (Å²) in [4.78, 5) is 20.3. The van der Waals surface area contributed by atoms with E-state index in [2.05, 4.69) is 23.7 Å². The first kappa shape index (κ1) is 27.4. The largest absolute Gasteiger partial charge is 0.494 e. The highest BCUT2D eigenvalue weighted by molar-refractivity contribution is 6.08. The zero-order chi connectivity index (χ0) is 26.6. The molecule has 4 aromatic rings. The van der Waals surface area contributed by atoms with E-state index in [1.807, 2.05) is 72.9 Å². The molecule has 38 heavy (non-hydrogen) atoms. The van der Waals surface area contributed by atoms with Crippen LogP contribution in [0.2, 0.25) is 0 Å². The van der Waals surface area contributed by atoms with Gasteiger partial charge in [0.15, 0.2) is 11.4 Å². The van der Waals surface area contributed by atoms with Gasteiger partial charge in [-0.25, -0.2) is 4.98 Å². The molecule has 0 bridgehead atoms. The highest BCUT2D eigenvalue weighted by atomic mass is 16.5. The van der Waals surface area contributed by atoms with Gasteiger partial charge in [-0.1, -0.05) is 57.0 Å². The van der Waals surface area contributed by atoms with Crippen LogP contribution in [0.15, 0.2) is 79.1 Å². The number of carbonyl (C=O) groups is 1. The van der Waals surface area contributed by atoms with E-state index in [9.17, 15) is 4.79 Å². The SMILES string of the molecule is CCCCN(CCCC)CCCOc1ccc(C(=O)c2cnc3c(OCc4ccccc4)cccn23)cc1. The zero-order valence-electron chi connectivity index (χ0n) is 22.6. The van der Waals surface area contributed by atoms with Crippen molar-refractivity contribution in [2.75, 3.05) is 26.2 Å². The molecular formula is C32H39N3O3. The van der Waals surface area contributed by atoms with E-state index < -0.39 is 0 Å².